The summed E-state index contributed by atoms with van der Waals surface area (Å²) in [6.45, 7) is 2.43. The van der Waals surface area contributed by atoms with E-state index in [-0.39, 0.29) is 11.9 Å². The summed E-state index contributed by atoms with van der Waals surface area (Å²) in [5.74, 6) is -0.152. The third kappa shape index (κ3) is 5.81. The van der Waals surface area contributed by atoms with Gasteiger partial charge in [0.1, 0.15) is 12.6 Å². The fourth-order valence-electron chi connectivity index (χ4n) is 2.87. The van der Waals surface area contributed by atoms with Crippen LogP contribution in [0.25, 0.3) is 11.3 Å². The molecule has 166 valence electrons. The first-order valence-electron chi connectivity index (χ1n) is 9.69. The van der Waals surface area contributed by atoms with Gasteiger partial charge < -0.3 is 10.6 Å². The summed E-state index contributed by atoms with van der Waals surface area (Å²) in [6.07, 6.45) is 0.197. The molecule has 2 aromatic heterocycles. The minimum atomic E-state index is -4.37. The molecule has 0 saturated heterocycles. The van der Waals surface area contributed by atoms with Crippen molar-refractivity contribution >= 4 is 17.5 Å². The van der Waals surface area contributed by atoms with Crippen LogP contribution >= 0.6 is 0 Å². The SMILES string of the molecule is CC[C@@H](C#N)NC(=O)c1ccc(-c2nc(Nc3cnn(CC(F)(F)F)c3)ncc2C)cc1. The standard InChI is InChI=1S/C21H20F3N7O/c1-3-16(8-25)28-19(32)15-6-4-14(5-7-15)18-13(2)9-26-20(30-18)29-17-10-27-31(11-17)12-21(22,23)24/h4-7,9-11,16H,3,12H2,1-2H3,(H,28,32)(H,26,29,30)/t16-/m0/s1. The Morgan fingerprint density at radius 1 is 1.25 bits per heavy atom. The van der Waals surface area contributed by atoms with E-state index in [9.17, 15) is 18.0 Å². The monoisotopic (exact) mass is 443 g/mol. The topological polar surface area (TPSA) is 109 Å². The summed E-state index contributed by atoms with van der Waals surface area (Å²) < 4.78 is 38.3. The zero-order valence-corrected chi connectivity index (χ0v) is 17.3. The van der Waals surface area contributed by atoms with E-state index in [2.05, 4.69) is 25.7 Å². The highest BCUT2D eigenvalue weighted by Crippen LogP contribution is 2.24. The van der Waals surface area contributed by atoms with Crippen LogP contribution in [0, 0.1) is 18.3 Å². The highest BCUT2D eigenvalue weighted by molar-refractivity contribution is 5.95. The van der Waals surface area contributed by atoms with Crippen LogP contribution in [-0.4, -0.2) is 37.9 Å². The smallest absolute Gasteiger partial charge is 0.336 e. The first-order chi connectivity index (χ1) is 15.2. The number of nitrogens with zero attached hydrogens (tertiary/aromatic N) is 5. The van der Waals surface area contributed by atoms with Crippen molar-refractivity contribution in [2.75, 3.05) is 5.32 Å². The summed E-state index contributed by atoms with van der Waals surface area (Å²) in [5.41, 5.74) is 2.82. The number of halogens is 3. The molecule has 11 heteroatoms. The molecule has 2 heterocycles. The van der Waals surface area contributed by atoms with Crippen molar-refractivity contribution in [1.29, 1.82) is 5.26 Å². The van der Waals surface area contributed by atoms with E-state index in [0.29, 0.717) is 23.4 Å². The summed E-state index contributed by atoms with van der Waals surface area (Å²) >= 11 is 0. The Hall–Kier alpha value is -3.94. The van der Waals surface area contributed by atoms with E-state index in [1.807, 2.05) is 19.9 Å². The van der Waals surface area contributed by atoms with E-state index < -0.39 is 18.8 Å². The number of carbonyl (C=O) groups excluding carboxylic acids is 1. The van der Waals surface area contributed by atoms with E-state index in [0.717, 1.165) is 15.8 Å². The van der Waals surface area contributed by atoms with Gasteiger partial charge in [-0.2, -0.15) is 23.5 Å². The summed E-state index contributed by atoms with van der Waals surface area (Å²) in [5, 5.41) is 18.1. The van der Waals surface area contributed by atoms with E-state index in [1.165, 1.54) is 12.4 Å². The Bertz CT molecular complexity index is 1130. The number of alkyl halides is 3. The van der Waals surface area contributed by atoms with Gasteiger partial charge in [0.25, 0.3) is 5.91 Å². The normalized spacial score (nSPS) is 12.1. The van der Waals surface area contributed by atoms with Crippen LogP contribution in [0.1, 0.15) is 29.3 Å². The molecule has 0 aliphatic carbocycles. The third-order valence-corrected chi connectivity index (χ3v) is 4.49. The van der Waals surface area contributed by atoms with Gasteiger partial charge >= 0.3 is 6.18 Å². The number of benzene rings is 1. The van der Waals surface area contributed by atoms with E-state index in [1.54, 1.807) is 30.5 Å². The molecule has 1 atom stereocenters. The van der Waals surface area contributed by atoms with Gasteiger partial charge in [-0.25, -0.2) is 9.97 Å². The largest absolute Gasteiger partial charge is 0.408 e. The van der Waals surface area contributed by atoms with Gasteiger partial charge in [-0.3, -0.25) is 9.48 Å². The molecular formula is C21H20F3N7O. The van der Waals surface area contributed by atoms with Crippen LogP contribution in [0.4, 0.5) is 24.8 Å². The molecule has 0 aliphatic rings. The van der Waals surface area contributed by atoms with Crippen molar-refractivity contribution < 1.29 is 18.0 Å². The van der Waals surface area contributed by atoms with Crippen molar-refractivity contribution in [2.24, 2.45) is 0 Å². The fourth-order valence-corrected chi connectivity index (χ4v) is 2.87. The lowest BCUT2D eigenvalue weighted by Gasteiger charge is -2.11. The van der Waals surface area contributed by atoms with Gasteiger partial charge in [-0.1, -0.05) is 19.1 Å². The number of nitrogens with one attached hydrogen (secondary N) is 2. The second-order valence-electron chi connectivity index (χ2n) is 7.03. The molecule has 8 nitrogen and oxygen atoms in total. The summed E-state index contributed by atoms with van der Waals surface area (Å²) in [4.78, 5) is 20.9. The molecule has 3 aromatic rings. The molecule has 0 radical (unpaired) electrons. The number of nitriles is 1. The van der Waals surface area contributed by atoms with Gasteiger partial charge in [0.05, 0.1) is 23.6 Å². The van der Waals surface area contributed by atoms with Crippen LogP contribution in [0.5, 0.6) is 0 Å². The van der Waals surface area contributed by atoms with Gasteiger partial charge in [0.15, 0.2) is 0 Å². The molecule has 1 amide bonds. The molecule has 32 heavy (non-hydrogen) atoms. The average Bonchev–Trinajstić information content (AvgIpc) is 3.18. The van der Waals surface area contributed by atoms with Crippen LogP contribution < -0.4 is 10.6 Å². The van der Waals surface area contributed by atoms with Gasteiger partial charge in [0, 0.05) is 23.5 Å². The predicted molar refractivity (Wildman–Crippen MR) is 111 cm³/mol. The van der Waals surface area contributed by atoms with E-state index in [4.69, 9.17) is 5.26 Å². The van der Waals surface area contributed by atoms with Gasteiger partial charge in [-0.05, 0) is 31.0 Å². The van der Waals surface area contributed by atoms with Crippen molar-refractivity contribution in [3.05, 3.63) is 54.0 Å². The lowest BCUT2D eigenvalue weighted by Crippen LogP contribution is -2.33. The predicted octanol–water partition coefficient (Wildman–Crippen LogP) is 3.99. The number of aryl methyl sites for hydroxylation is 1. The van der Waals surface area contributed by atoms with Gasteiger partial charge in [0.2, 0.25) is 5.95 Å². The number of hydrogen-bond acceptors (Lipinski definition) is 6. The number of hydrogen-bond donors (Lipinski definition) is 2. The summed E-state index contributed by atoms with van der Waals surface area (Å²) in [7, 11) is 0. The molecule has 3 rings (SSSR count). The Morgan fingerprint density at radius 2 is 1.97 bits per heavy atom. The Kier molecular flexibility index (Phi) is 6.73. The molecule has 0 saturated carbocycles. The molecule has 2 N–H and O–H groups in total. The molecule has 1 aromatic carbocycles. The Labute approximate surface area is 182 Å². The molecule has 0 bridgehead atoms. The fraction of sp³-hybridized carbons (Fsp3) is 0.286. The number of aromatic nitrogens is 4. The maximum atomic E-state index is 12.5. The van der Waals surface area contributed by atoms with Crippen molar-refractivity contribution in [2.45, 2.75) is 39.0 Å². The molecular weight excluding hydrogens is 423 g/mol. The van der Waals surface area contributed by atoms with Crippen molar-refractivity contribution in [1.82, 2.24) is 25.1 Å². The minimum absolute atomic E-state index is 0.193. The quantitative estimate of drug-likeness (QED) is 0.572. The second-order valence-corrected chi connectivity index (χ2v) is 7.03. The van der Waals surface area contributed by atoms with Crippen LogP contribution in [0.15, 0.2) is 42.9 Å². The maximum Gasteiger partial charge on any atom is 0.408 e. The van der Waals surface area contributed by atoms with Crippen LogP contribution in [0.2, 0.25) is 0 Å². The Balaban J connectivity index is 1.76. The van der Waals surface area contributed by atoms with Crippen molar-refractivity contribution in [3.8, 4) is 17.3 Å². The van der Waals surface area contributed by atoms with Crippen LogP contribution in [0.3, 0.4) is 0 Å². The Morgan fingerprint density at radius 3 is 2.59 bits per heavy atom. The summed E-state index contributed by atoms with van der Waals surface area (Å²) in [6, 6.07) is 8.17. The van der Waals surface area contributed by atoms with E-state index >= 15 is 0 Å². The molecule has 0 aliphatic heterocycles. The first kappa shape index (κ1) is 22.7. The minimum Gasteiger partial charge on any atom is -0.336 e. The highest BCUT2D eigenvalue weighted by atomic mass is 19.4. The third-order valence-electron chi connectivity index (χ3n) is 4.49. The first-order valence-corrected chi connectivity index (χ1v) is 9.69. The zero-order chi connectivity index (χ0) is 23.3. The lowest BCUT2D eigenvalue weighted by atomic mass is 10.1. The zero-order valence-electron chi connectivity index (χ0n) is 17.3. The molecule has 0 unspecified atom stereocenters. The lowest BCUT2D eigenvalue weighted by molar-refractivity contribution is -0.142. The highest BCUT2D eigenvalue weighted by Gasteiger charge is 2.28. The molecule has 0 fully saturated rings. The molecule has 0 spiro atoms. The van der Waals surface area contributed by atoms with Crippen LogP contribution in [-0.2, 0) is 6.54 Å². The van der Waals surface area contributed by atoms with Crippen molar-refractivity contribution in [3.63, 3.8) is 0 Å². The number of rotatable bonds is 7. The number of amides is 1. The second kappa shape index (κ2) is 9.47. The number of carbonyl (C=O) groups is 1. The average molecular weight is 443 g/mol. The maximum absolute atomic E-state index is 12.5. The van der Waals surface area contributed by atoms with Gasteiger partial charge in [-0.15, -0.1) is 0 Å². The number of anilines is 2.